The van der Waals surface area contributed by atoms with E-state index < -0.39 is 5.63 Å². The molecular formula is C20H17NO4. The van der Waals surface area contributed by atoms with Crippen LogP contribution in [0.15, 0.2) is 45.6 Å². The van der Waals surface area contributed by atoms with Crippen LogP contribution in [0.5, 0.6) is 5.75 Å². The minimum atomic E-state index is -0.648. The van der Waals surface area contributed by atoms with Gasteiger partial charge in [0, 0.05) is 12.0 Å². The fraction of sp³-hybridized carbons (Fsp3) is 0.250. The molecule has 1 aliphatic rings. The zero-order chi connectivity index (χ0) is 17.8. The average Bonchev–Trinajstić information content (AvgIpc) is 2.53. The Balaban J connectivity index is 1.94. The maximum atomic E-state index is 12.4. The first-order valence-electron chi connectivity index (χ1n) is 8.14. The largest absolute Gasteiger partial charge is 0.506 e. The van der Waals surface area contributed by atoms with Crippen molar-refractivity contribution in [1.82, 2.24) is 4.98 Å². The summed E-state index contributed by atoms with van der Waals surface area (Å²) in [4.78, 5) is 29.2. The number of aromatic nitrogens is 1. The summed E-state index contributed by atoms with van der Waals surface area (Å²) in [6, 6.07) is 10.1. The SMILES string of the molecule is CC1(C)CC(=O)c2ccc(-c3c(O)c4ccccc4oc3=O)nc2C1. The normalized spacial score (nSPS) is 16.0. The topological polar surface area (TPSA) is 80.4 Å². The van der Waals surface area contributed by atoms with Crippen molar-refractivity contribution >= 4 is 16.8 Å². The van der Waals surface area contributed by atoms with Gasteiger partial charge < -0.3 is 9.52 Å². The lowest BCUT2D eigenvalue weighted by Crippen LogP contribution is -2.28. The van der Waals surface area contributed by atoms with Gasteiger partial charge in [0.15, 0.2) is 5.78 Å². The van der Waals surface area contributed by atoms with Crippen LogP contribution < -0.4 is 5.63 Å². The molecular weight excluding hydrogens is 318 g/mol. The molecule has 0 saturated heterocycles. The Morgan fingerprint density at radius 1 is 1.08 bits per heavy atom. The summed E-state index contributed by atoms with van der Waals surface area (Å²) in [5, 5.41) is 11.0. The molecule has 0 amide bonds. The third kappa shape index (κ3) is 2.52. The molecule has 25 heavy (non-hydrogen) atoms. The Bertz CT molecular complexity index is 1080. The van der Waals surface area contributed by atoms with Gasteiger partial charge in [-0.3, -0.25) is 9.78 Å². The van der Waals surface area contributed by atoms with E-state index in [1.165, 1.54) is 0 Å². The monoisotopic (exact) mass is 335 g/mol. The van der Waals surface area contributed by atoms with Gasteiger partial charge in [0.1, 0.15) is 16.9 Å². The number of benzene rings is 1. The van der Waals surface area contributed by atoms with E-state index >= 15 is 0 Å². The number of pyridine rings is 1. The van der Waals surface area contributed by atoms with Crippen molar-refractivity contribution in [2.24, 2.45) is 5.41 Å². The van der Waals surface area contributed by atoms with E-state index in [0.29, 0.717) is 40.8 Å². The molecule has 2 heterocycles. The molecule has 5 nitrogen and oxygen atoms in total. The van der Waals surface area contributed by atoms with Gasteiger partial charge in [-0.1, -0.05) is 26.0 Å². The van der Waals surface area contributed by atoms with Crippen LogP contribution in [0.3, 0.4) is 0 Å². The van der Waals surface area contributed by atoms with Crippen molar-refractivity contribution < 1.29 is 14.3 Å². The number of Topliss-reactive ketones (excluding diaryl/α,β-unsaturated/α-hetero) is 1. The number of para-hydroxylation sites is 1. The van der Waals surface area contributed by atoms with Crippen molar-refractivity contribution in [1.29, 1.82) is 0 Å². The van der Waals surface area contributed by atoms with E-state index in [-0.39, 0.29) is 22.5 Å². The van der Waals surface area contributed by atoms with Crippen molar-refractivity contribution in [3.8, 4) is 17.0 Å². The number of nitrogens with zero attached hydrogens (tertiary/aromatic N) is 1. The number of aromatic hydroxyl groups is 1. The van der Waals surface area contributed by atoms with Gasteiger partial charge >= 0.3 is 5.63 Å². The number of carbonyl (C=O) groups excluding carboxylic acids is 1. The molecule has 0 bridgehead atoms. The Hall–Kier alpha value is -2.95. The highest BCUT2D eigenvalue weighted by atomic mass is 16.4. The van der Waals surface area contributed by atoms with E-state index in [9.17, 15) is 14.7 Å². The second-order valence-electron chi connectivity index (χ2n) is 7.24. The molecule has 0 saturated carbocycles. The van der Waals surface area contributed by atoms with Gasteiger partial charge in [-0.15, -0.1) is 0 Å². The van der Waals surface area contributed by atoms with Gasteiger partial charge in [-0.2, -0.15) is 0 Å². The Morgan fingerprint density at radius 3 is 2.64 bits per heavy atom. The highest BCUT2D eigenvalue weighted by Crippen LogP contribution is 2.36. The van der Waals surface area contributed by atoms with Gasteiger partial charge in [0.05, 0.1) is 16.8 Å². The van der Waals surface area contributed by atoms with Crippen LogP contribution in [0.4, 0.5) is 0 Å². The predicted octanol–water partition coefficient (Wildman–Crippen LogP) is 3.72. The number of hydrogen-bond donors (Lipinski definition) is 1. The summed E-state index contributed by atoms with van der Waals surface area (Å²) in [6.45, 7) is 4.04. The predicted molar refractivity (Wildman–Crippen MR) is 93.8 cm³/mol. The van der Waals surface area contributed by atoms with Gasteiger partial charge in [-0.05, 0) is 36.1 Å². The van der Waals surface area contributed by atoms with Gasteiger partial charge in [0.25, 0.3) is 0 Å². The van der Waals surface area contributed by atoms with E-state index in [1.807, 2.05) is 13.8 Å². The lowest BCUT2D eigenvalue weighted by atomic mass is 9.75. The molecule has 0 fully saturated rings. The van der Waals surface area contributed by atoms with Crippen molar-refractivity contribution in [2.75, 3.05) is 0 Å². The first kappa shape index (κ1) is 15.6. The molecule has 126 valence electrons. The zero-order valence-electron chi connectivity index (χ0n) is 14.0. The van der Waals surface area contributed by atoms with E-state index in [1.54, 1.807) is 36.4 Å². The smallest absolute Gasteiger partial charge is 0.349 e. The molecule has 4 rings (SSSR count). The number of hydrogen-bond acceptors (Lipinski definition) is 5. The fourth-order valence-corrected chi connectivity index (χ4v) is 3.43. The van der Waals surface area contributed by atoms with Gasteiger partial charge in [-0.25, -0.2) is 4.79 Å². The molecule has 0 aliphatic heterocycles. The minimum absolute atomic E-state index is 0.0253. The lowest BCUT2D eigenvalue weighted by Gasteiger charge is -2.29. The standard InChI is InChI=1S/C20H17NO4/c1-20(2)9-14-11(15(22)10-20)7-8-13(21-14)17-18(23)12-5-3-4-6-16(12)25-19(17)24/h3-8,23H,9-10H2,1-2H3. The van der Waals surface area contributed by atoms with Crippen LogP contribution in [0.25, 0.3) is 22.2 Å². The molecule has 1 N–H and O–H groups in total. The Labute approximate surface area is 143 Å². The van der Waals surface area contributed by atoms with Crippen LogP contribution in [-0.2, 0) is 6.42 Å². The van der Waals surface area contributed by atoms with Crippen molar-refractivity contribution in [2.45, 2.75) is 26.7 Å². The average molecular weight is 335 g/mol. The Morgan fingerprint density at radius 2 is 1.84 bits per heavy atom. The molecule has 3 aromatic rings. The summed E-state index contributed by atoms with van der Waals surface area (Å²) >= 11 is 0. The van der Waals surface area contributed by atoms with Gasteiger partial charge in [0.2, 0.25) is 0 Å². The molecule has 1 aliphatic carbocycles. The highest BCUT2D eigenvalue weighted by molar-refractivity contribution is 5.99. The van der Waals surface area contributed by atoms with Crippen LogP contribution in [0.2, 0.25) is 0 Å². The summed E-state index contributed by atoms with van der Waals surface area (Å²) in [7, 11) is 0. The van der Waals surface area contributed by atoms with E-state index in [0.717, 1.165) is 0 Å². The maximum absolute atomic E-state index is 12.4. The first-order chi connectivity index (χ1) is 11.9. The molecule has 1 aromatic carbocycles. The maximum Gasteiger partial charge on any atom is 0.349 e. The number of rotatable bonds is 1. The zero-order valence-corrected chi connectivity index (χ0v) is 14.0. The minimum Gasteiger partial charge on any atom is -0.506 e. The lowest BCUT2D eigenvalue weighted by molar-refractivity contribution is 0.0910. The molecule has 0 atom stereocenters. The quantitative estimate of drug-likeness (QED) is 0.686. The third-order valence-electron chi connectivity index (χ3n) is 4.60. The van der Waals surface area contributed by atoms with E-state index in [4.69, 9.17) is 4.42 Å². The first-order valence-corrected chi connectivity index (χ1v) is 8.14. The van der Waals surface area contributed by atoms with Crippen LogP contribution in [0.1, 0.15) is 36.3 Å². The summed E-state index contributed by atoms with van der Waals surface area (Å²) in [5.41, 5.74) is 1.09. The number of fused-ring (bicyclic) bond motifs is 2. The highest BCUT2D eigenvalue weighted by Gasteiger charge is 2.32. The van der Waals surface area contributed by atoms with Crippen LogP contribution >= 0.6 is 0 Å². The van der Waals surface area contributed by atoms with Crippen molar-refractivity contribution in [3.63, 3.8) is 0 Å². The van der Waals surface area contributed by atoms with Crippen LogP contribution in [0, 0.1) is 5.41 Å². The fourth-order valence-electron chi connectivity index (χ4n) is 3.43. The summed E-state index contributed by atoms with van der Waals surface area (Å²) < 4.78 is 5.31. The number of ketones is 1. The Kier molecular flexibility index (Phi) is 3.29. The molecule has 0 spiro atoms. The van der Waals surface area contributed by atoms with Crippen molar-refractivity contribution in [3.05, 3.63) is 58.1 Å². The molecule has 0 radical (unpaired) electrons. The summed E-state index contributed by atoms with van der Waals surface area (Å²) in [5.74, 6) is -0.0965. The second-order valence-corrected chi connectivity index (χ2v) is 7.24. The molecule has 0 unspecified atom stereocenters. The number of carbonyl (C=O) groups is 1. The molecule has 2 aromatic heterocycles. The third-order valence-corrected chi connectivity index (χ3v) is 4.60. The summed E-state index contributed by atoms with van der Waals surface area (Å²) in [6.07, 6.45) is 1.12. The molecule has 5 heteroatoms. The van der Waals surface area contributed by atoms with Crippen LogP contribution in [-0.4, -0.2) is 15.9 Å². The second kappa shape index (κ2) is 5.28. The van der Waals surface area contributed by atoms with E-state index in [2.05, 4.69) is 4.98 Å².